The Balaban J connectivity index is 1.97. The third kappa shape index (κ3) is 5.64. The first-order chi connectivity index (χ1) is 16.4. The van der Waals surface area contributed by atoms with Gasteiger partial charge in [-0.1, -0.05) is 127 Å². The van der Waals surface area contributed by atoms with Crippen molar-refractivity contribution in [2.24, 2.45) is 0 Å². The van der Waals surface area contributed by atoms with Crippen LogP contribution in [0.4, 0.5) is 0 Å². The lowest BCUT2D eigenvalue weighted by Gasteiger charge is -2.34. The fourth-order valence-corrected chi connectivity index (χ4v) is 8.50. The van der Waals surface area contributed by atoms with E-state index in [-0.39, 0.29) is 13.1 Å². The quantitative estimate of drug-likeness (QED) is 0.152. The second kappa shape index (κ2) is 11.2. The lowest BCUT2D eigenvalue weighted by atomic mass is 9.91. The monoisotopic (exact) mass is 576 g/mol. The van der Waals surface area contributed by atoms with Crippen LogP contribution in [0.5, 0.6) is 0 Å². The summed E-state index contributed by atoms with van der Waals surface area (Å²) in [5.41, 5.74) is 7.90. The summed E-state index contributed by atoms with van der Waals surface area (Å²) in [6.07, 6.45) is 3.81. The van der Waals surface area contributed by atoms with E-state index in [4.69, 9.17) is 0 Å². The van der Waals surface area contributed by atoms with Crippen LogP contribution in [0.15, 0.2) is 97.1 Å². The molecule has 0 amide bonds. The highest BCUT2D eigenvalue weighted by Crippen LogP contribution is 2.52. The largest absolute Gasteiger partial charge is 0.0691 e. The Hall–Kier alpha value is -1.96. The summed E-state index contributed by atoms with van der Waals surface area (Å²) in [6, 6.07) is 35.6. The standard InChI is InChI=1S/C32H34IP/c1-5-6-21-34(32(2,3)4)30-20-14-13-19-27(30)31-28(25-17-11-8-12-18-25)22-26(23-29(31)33)24-15-9-7-10-16-24/h7-20,22-23H,5-6,21H2,1-4H3. The number of unbranched alkanes of at least 4 members (excludes halogenated alkanes) is 1. The Kier molecular flexibility index (Phi) is 8.27. The molecule has 0 saturated carbocycles. The van der Waals surface area contributed by atoms with Gasteiger partial charge >= 0.3 is 0 Å². The maximum absolute atomic E-state index is 2.57. The van der Waals surface area contributed by atoms with Crippen molar-refractivity contribution in [3.05, 3.63) is 101 Å². The van der Waals surface area contributed by atoms with Crippen LogP contribution in [0.2, 0.25) is 0 Å². The van der Waals surface area contributed by atoms with Crippen LogP contribution < -0.4 is 5.30 Å². The first-order valence-electron chi connectivity index (χ1n) is 12.2. The zero-order valence-electron chi connectivity index (χ0n) is 20.7. The topological polar surface area (TPSA) is 0 Å². The number of halogens is 1. The van der Waals surface area contributed by atoms with Crippen molar-refractivity contribution in [1.82, 2.24) is 0 Å². The Morgan fingerprint density at radius 2 is 1.26 bits per heavy atom. The van der Waals surface area contributed by atoms with Crippen molar-refractivity contribution in [2.45, 2.75) is 45.7 Å². The van der Waals surface area contributed by atoms with Gasteiger partial charge in [0.25, 0.3) is 0 Å². The molecular weight excluding hydrogens is 542 g/mol. The van der Waals surface area contributed by atoms with Crippen molar-refractivity contribution >= 4 is 35.8 Å². The fraction of sp³-hybridized carbons (Fsp3) is 0.250. The summed E-state index contributed by atoms with van der Waals surface area (Å²) in [4.78, 5) is 0. The van der Waals surface area contributed by atoms with Gasteiger partial charge < -0.3 is 0 Å². The van der Waals surface area contributed by atoms with Gasteiger partial charge in [-0.05, 0) is 85.6 Å². The van der Waals surface area contributed by atoms with Gasteiger partial charge in [0.2, 0.25) is 0 Å². The van der Waals surface area contributed by atoms with Crippen LogP contribution >= 0.6 is 30.5 Å². The molecule has 0 heterocycles. The molecule has 1 atom stereocenters. The molecule has 0 aromatic heterocycles. The van der Waals surface area contributed by atoms with Crippen molar-refractivity contribution in [3.8, 4) is 33.4 Å². The number of benzene rings is 4. The molecule has 0 saturated heterocycles. The maximum Gasteiger partial charge on any atom is 0.0221 e. The van der Waals surface area contributed by atoms with Crippen molar-refractivity contribution in [2.75, 3.05) is 6.16 Å². The summed E-state index contributed by atoms with van der Waals surface area (Å²) in [5.74, 6) is 0. The van der Waals surface area contributed by atoms with E-state index in [9.17, 15) is 0 Å². The van der Waals surface area contributed by atoms with E-state index in [1.54, 1.807) is 5.30 Å². The van der Waals surface area contributed by atoms with Crippen LogP contribution in [0.25, 0.3) is 33.4 Å². The van der Waals surface area contributed by atoms with E-state index < -0.39 is 0 Å². The molecular formula is C32H34IP. The minimum absolute atomic E-state index is 0.267. The van der Waals surface area contributed by atoms with Crippen LogP contribution in [0.3, 0.4) is 0 Å². The van der Waals surface area contributed by atoms with Gasteiger partial charge in [0, 0.05) is 9.13 Å². The minimum Gasteiger partial charge on any atom is -0.0691 e. The van der Waals surface area contributed by atoms with Crippen molar-refractivity contribution < 1.29 is 0 Å². The predicted octanol–water partition coefficient (Wildman–Crippen LogP) is 10.00. The van der Waals surface area contributed by atoms with E-state index in [2.05, 4.69) is 147 Å². The minimum atomic E-state index is -0.296. The fourth-order valence-electron chi connectivity index (χ4n) is 4.58. The normalized spacial score (nSPS) is 12.5. The van der Waals surface area contributed by atoms with Gasteiger partial charge in [-0.15, -0.1) is 0 Å². The van der Waals surface area contributed by atoms with Crippen LogP contribution in [0.1, 0.15) is 40.5 Å². The second-order valence-electron chi connectivity index (χ2n) is 9.81. The van der Waals surface area contributed by atoms with E-state index >= 15 is 0 Å². The molecule has 4 aromatic rings. The molecule has 34 heavy (non-hydrogen) atoms. The molecule has 0 radical (unpaired) electrons. The Morgan fingerprint density at radius 1 is 0.676 bits per heavy atom. The van der Waals surface area contributed by atoms with Gasteiger partial charge in [0.1, 0.15) is 0 Å². The van der Waals surface area contributed by atoms with Crippen molar-refractivity contribution in [1.29, 1.82) is 0 Å². The summed E-state index contributed by atoms with van der Waals surface area (Å²) in [7, 11) is -0.296. The zero-order valence-corrected chi connectivity index (χ0v) is 23.7. The SMILES string of the molecule is CCCCP(c1ccccc1-c1c(I)cc(-c2ccccc2)cc1-c1ccccc1)C(C)(C)C. The molecule has 4 aromatic carbocycles. The third-order valence-corrected chi connectivity index (χ3v) is 10.5. The van der Waals surface area contributed by atoms with E-state index in [1.807, 2.05) is 0 Å². The summed E-state index contributed by atoms with van der Waals surface area (Å²) < 4.78 is 1.31. The number of hydrogen-bond acceptors (Lipinski definition) is 0. The highest BCUT2D eigenvalue weighted by Gasteiger charge is 2.28. The van der Waals surface area contributed by atoms with E-state index in [0.29, 0.717) is 0 Å². The summed E-state index contributed by atoms with van der Waals surface area (Å²) >= 11 is 2.57. The predicted molar refractivity (Wildman–Crippen MR) is 162 cm³/mol. The van der Waals surface area contributed by atoms with Crippen LogP contribution in [0, 0.1) is 3.57 Å². The maximum atomic E-state index is 2.57. The summed E-state index contributed by atoms with van der Waals surface area (Å²) in [5, 5.41) is 1.81. The molecule has 0 nitrogen and oxygen atoms in total. The van der Waals surface area contributed by atoms with Gasteiger partial charge in [-0.3, -0.25) is 0 Å². The Labute approximate surface area is 220 Å². The van der Waals surface area contributed by atoms with Crippen LogP contribution in [-0.2, 0) is 0 Å². The highest BCUT2D eigenvalue weighted by atomic mass is 127. The molecule has 0 fully saturated rings. The molecule has 2 heteroatoms. The number of hydrogen-bond donors (Lipinski definition) is 0. The van der Waals surface area contributed by atoms with Gasteiger partial charge in [-0.2, -0.15) is 0 Å². The molecule has 0 bridgehead atoms. The first kappa shape index (κ1) is 25.1. The lowest BCUT2D eigenvalue weighted by molar-refractivity contribution is 0.776. The first-order valence-corrected chi connectivity index (χ1v) is 14.8. The Morgan fingerprint density at radius 3 is 1.88 bits per heavy atom. The third-order valence-electron chi connectivity index (χ3n) is 6.29. The smallest absolute Gasteiger partial charge is 0.0221 e. The number of rotatable bonds is 7. The molecule has 0 aliphatic rings. The summed E-state index contributed by atoms with van der Waals surface area (Å²) in [6.45, 7) is 9.58. The average molecular weight is 577 g/mol. The van der Waals surface area contributed by atoms with Gasteiger partial charge in [0.15, 0.2) is 0 Å². The van der Waals surface area contributed by atoms with Gasteiger partial charge in [-0.25, -0.2) is 0 Å². The molecule has 1 unspecified atom stereocenters. The van der Waals surface area contributed by atoms with Gasteiger partial charge in [0.05, 0.1) is 0 Å². The second-order valence-corrected chi connectivity index (χ2v) is 14.1. The van der Waals surface area contributed by atoms with Crippen molar-refractivity contribution in [3.63, 3.8) is 0 Å². The molecule has 0 aliphatic heterocycles. The zero-order chi connectivity index (χ0) is 24.1. The van der Waals surface area contributed by atoms with E-state index in [0.717, 1.165) is 0 Å². The Bertz CT molecular complexity index is 1220. The lowest BCUT2D eigenvalue weighted by Crippen LogP contribution is -2.23. The molecule has 4 rings (SSSR count). The molecule has 0 spiro atoms. The highest BCUT2D eigenvalue weighted by molar-refractivity contribution is 14.1. The van der Waals surface area contributed by atoms with Crippen LogP contribution in [-0.4, -0.2) is 11.3 Å². The average Bonchev–Trinajstić information content (AvgIpc) is 2.84. The van der Waals surface area contributed by atoms with E-state index in [1.165, 1.54) is 56.0 Å². The molecule has 0 aliphatic carbocycles. The molecule has 0 N–H and O–H groups in total. The molecule has 174 valence electrons.